The van der Waals surface area contributed by atoms with Gasteiger partial charge in [-0.25, -0.2) is 0 Å². The first-order chi connectivity index (χ1) is 15.4. The number of rotatable bonds is 5. The average molecular weight is 448 g/mol. The number of anilines is 1. The van der Waals surface area contributed by atoms with Crippen molar-refractivity contribution in [3.8, 4) is 11.4 Å². The number of hydrogen-bond acceptors (Lipinski definition) is 4. The molecule has 7 heteroatoms. The molecule has 162 valence electrons. The maximum atomic E-state index is 13.5. The highest BCUT2D eigenvalue weighted by Gasteiger charge is 2.22. The van der Waals surface area contributed by atoms with Gasteiger partial charge in [0, 0.05) is 23.1 Å². The van der Waals surface area contributed by atoms with Crippen LogP contribution in [0.1, 0.15) is 23.0 Å². The third kappa shape index (κ3) is 3.97. The zero-order valence-corrected chi connectivity index (χ0v) is 18.8. The second-order valence-corrected chi connectivity index (χ2v) is 7.77. The van der Waals surface area contributed by atoms with Gasteiger partial charge in [-0.05, 0) is 61.9 Å². The van der Waals surface area contributed by atoms with Crippen LogP contribution in [0.5, 0.6) is 5.75 Å². The van der Waals surface area contributed by atoms with Crippen LogP contribution in [0.2, 0.25) is 5.02 Å². The number of halogens is 1. The highest BCUT2D eigenvalue weighted by molar-refractivity contribution is 6.31. The van der Waals surface area contributed by atoms with Gasteiger partial charge >= 0.3 is 0 Å². The minimum atomic E-state index is -0.341. The largest absolute Gasteiger partial charge is 0.494 e. The van der Waals surface area contributed by atoms with Crippen molar-refractivity contribution in [2.24, 2.45) is 0 Å². The van der Waals surface area contributed by atoms with Crippen molar-refractivity contribution in [1.82, 2.24) is 9.78 Å². The number of ether oxygens (including phenoxy) is 1. The van der Waals surface area contributed by atoms with Crippen molar-refractivity contribution in [3.05, 3.63) is 93.4 Å². The number of carbonyl (C=O) groups is 1. The van der Waals surface area contributed by atoms with Crippen molar-refractivity contribution in [2.75, 3.05) is 18.6 Å². The topological polar surface area (TPSA) is 64.4 Å². The maximum absolute atomic E-state index is 13.5. The molecule has 0 aliphatic carbocycles. The van der Waals surface area contributed by atoms with Crippen LogP contribution in [0.3, 0.4) is 0 Å². The van der Waals surface area contributed by atoms with E-state index in [0.717, 1.165) is 5.56 Å². The third-order valence-electron chi connectivity index (χ3n) is 5.24. The fourth-order valence-corrected chi connectivity index (χ4v) is 3.75. The Hall–Kier alpha value is -3.64. The van der Waals surface area contributed by atoms with E-state index in [4.69, 9.17) is 16.3 Å². The molecule has 0 N–H and O–H groups in total. The summed E-state index contributed by atoms with van der Waals surface area (Å²) in [4.78, 5) is 28.2. The molecule has 0 aliphatic rings. The van der Waals surface area contributed by atoms with E-state index in [-0.39, 0.29) is 17.2 Å². The molecule has 32 heavy (non-hydrogen) atoms. The van der Waals surface area contributed by atoms with Crippen LogP contribution in [-0.2, 0) is 0 Å². The van der Waals surface area contributed by atoms with Crippen molar-refractivity contribution in [1.29, 1.82) is 0 Å². The summed E-state index contributed by atoms with van der Waals surface area (Å²) in [6, 6.07) is 19.4. The van der Waals surface area contributed by atoms with Crippen molar-refractivity contribution >= 4 is 34.0 Å². The molecule has 6 nitrogen and oxygen atoms in total. The number of nitrogens with zero attached hydrogens (tertiary/aromatic N) is 3. The minimum absolute atomic E-state index is 0.177. The van der Waals surface area contributed by atoms with Crippen molar-refractivity contribution in [3.63, 3.8) is 0 Å². The van der Waals surface area contributed by atoms with E-state index < -0.39 is 0 Å². The first kappa shape index (κ1) is 21.6. The van der Waals surface area contributed by atoms with Gasteiger partial charge in [-0.3, -0.25) is 9.59 Å². The normalized spacial score (nSPS) is 10.9. The van der Waals surface area contributed by atoms with Gasteiger partial charge in [0.2, 0.25) is 0 Å². The molecule has 1 heterocycles. The van der Waals surface area contributed by atoms with Crippen LogP contribution in [0.15, 0.2) is 71.5 Å². The summed E-state index contributed by atoms with van der Waals surface area (Å²) < 4.78 is 6.74. The Bertz CT molecular complexity index is 1360. The molecule has 0 fully saturated rings. The molecule has 0 atom stereocenters. The molecule has 1 aromatic heterocycles. The van der Waals surface area contributed by atoms with Gasteiger partial charge in [0.05, 0.1) is 17.7 Å². The fourth-order valence-electron chi connectivity index (χ4n) is 3.58. The Labute approximate surface area is 190 Å². The number of hydrogen-bond donors (Lipinski definition) is 0. The fraction of sp³-hybridized carbons (Fsp3) is 0.160. The summed E-state index contributed by atoms with van der Waals surface area (Å²) in [5.74, 6) is 0.351. The number of carbonyl (C=O) groups excluding carboxylic acids is 1. The van der Waals surface area contributed by atoms with Crippen LogP contribution in [0.4, 0.5) is 5.69 Å². The SMILES string of the molecule is CCOc1ccc(-n2nc(C(=O)N(C)c3cc(Cl)ccc3C)c3ccccc3c2=O)cc1. The smallest absolute Gasteiger partial charge is 0.279 e. The zero-order chi connectivity index (χ0) is 22.8. The summed E-state index contributed by atoms with van der Waals surface area (Å²) in [6.45, 7) is 4.35. The predicted molar refractivity (Wildman–Crippen MR) is 127 cm³/mol. The molecule has 4 aromatic rings. The van der Waals surface area contributed by atoms with Gasteiger partial charge in [0.15, 0.2) is 5.69 Å². The Morgan fingerprint density at radius 3 is 2.44 bits per heavy atom. The van der Waals surface area contributed by atoms with Gasteiger partial charge < -0.3 is 9.64 Å². The van der Waals surface area contributed by atoms with Crippen LogP contribution < -0.4 is 15.2 Å². The van der Waals surface area contributed by atoms with Crippen molar-refractivity contribution < 1.29 is 9.53 Å². The van der Waals surface area contributed by atoms with E-state index >= 15 is 0 Å². The number of aromatic nitrogens is 2. The lowest BCUT2D eigenvalue weighted by molar-refractivity contribution is 0.0988. The molecular weight excluding hydrogens is 426 g/mol. The molecule has 0 bridgehead atoms. The quantitative estimate of drug-likeness (QED) is 0.430. The summed E-state index contributed by atoms with van der Waals surface area (Å²) in [7, 11) is 1.67. The summed E-state index contributed by atoms with van der Waals surface area (Å²) in [6.07, 6.45) is 0. The van der Waals surface area contributed by atoms with Gasteiger partial charge in [-0.15, -0.1) is 0 Å². The van der Waals surface area contributed by atoms with E-state index in [0.29, 0.717) is 39.5 Å². The first-order valence-corrected chi connectivity index (χ1v) is 10.6. The van der Waals surface area contributed by atoms with Crippen LogP contribution in [0.25, 0.3) is 16.5 Å². The molecule has 0 unspecified atom stereocenters. The van der Waals surface area contributed by atoms with Gasteiger partial charge in [0.1, 0.15) is 5.75 Å². The number of aryl methyl sites for hydroxylation is 1. The summed E-state index contributed by atoms with van der Waals surface area (Å²) >= 11 is 6.16. The second kappa shape index (κ2) is 8.85. The molecular formula is C25H22ClN3O3. The minimum Gasteiger partial charge on any atom is -0.494 e. The number of fused-ring (bicyclic) bond motifs is 1. The van der Waals surface area contributed by atoms with Gasteiger partial charge in [0.25, 0.3) is 11.5 Å². The van der Waals surface area contributed by atoms with Crippen molar-refractivity contribution in [2.45, 2.75) is 13.8 Å². The average Bonchev–Trinajstić information content (AvgIpc) is 2.81. The summed E-state index contributed by atoms with van der Waals surface area (Å²) in [5, 5.41) is 5.92. The predicted octanol–water partition coefficient (Wildman–Crippen LogP) is 5.02. The monoisotopic (exact) mass is 447 g/mol. The molecule has 4 rings (SSSR count). The van der Waals surface area contributed by atoms with Gasteiger partial charge in [-0.2, -0.15) is 9.78 Å². The molecule has 0 aliphatic heterocycles. The highest BCUT2D eigenvalue weighted by Crippen LogP contribution is 2.26. The number of amides is 1. The highest BCUT2D eigenvalue weighted by atomic mass is 35.5. The molecule has 3 aromatic carbocycles. The third-order valence-corrected chi connectivity index (χ3v) is 5.47. The van der Waals surface area contributed by atoms with Crippen LogP contribution in [-0.4, -0.2) is 29.3 Å². The molecule has 0 saturated carbocycles. The molecule has 0 radical (unpaired) electrons. The Balaban J connectivity index is 1.87. The second-order valence-electron chi connectivity index (χ2n) is 7.33. The van der Waals surface area contributed by atoms with E-state index in [1.165, 1.54) is 9.58 Å². The van der Waals surface area contributed by atoms with E-state index in [1.807, 2.05) is 19.9 Å². The lowest BCUT2D eigenvalue weighted by Crippen LogP contribution is -2.32. The Kier molecular flexibility index (Phi) is 5.97. The lowest BCUT2D eigenvalue weighted by Gasteiger charge is -2.21. The van der Waals surface area contributed by atoms with E-state index in [2.05, 4.69) is 5.10 Å². The Morgan fingerprint density at radius 1 is 1.06 bits per heavy atom. The maximum Gasteiger partial charge on any atom is 0.279 e. The molecule has 0 saturated heterocycles. The van der Waals surface area contributed by atoms with E-state index in [1.54, 1.807) is 67.7 Å². The van der Waals surface area contributed by atoms with Crippen LogP contribution >= 0.6 is 11.6 Å². The van der Waals surface area contributed by atoms with Gasteiger partial charge in [-0.1, -0.05) is 35.9 Å². The Morgan fingerprint density at radius 2 is 1.75 bits per heavy atom. The summed E-state index contributed by atoms with van der Waals surface area (Å²) in [5.41, 5.74) is 1.99. The molecule has 1 amide bonds. The number of benzene rings is 3. The molecule has 0 spiro atoms. The standard InChI is InChI=1S/C25H22ClN3O3/c1-4-32-19-13-11-18(12-14-19)29-24(30)21-8-6-5-7-20(21)23(27-29)25(31)28(3)22-15-17(26)10-9-16(22)2/h5-15H,4H2,1-3H3. The van der Waals surface area contributed by atoms with E-state index in [9.17, 15) is 9.59 Å². The zero-order valence-electron chi connectivity index (χ0n) is 18.0. The van der Waals surface area contributed by atoms with Crippen LogP contribution in [0, 0.1) is 6.92 Å². The lowest BCUT2D eigenvalue weighted by atomic mass is 10.1. The first-order valence-electron chi connectivity index (χ1n) is 10.2.